The molecule has 110 valence electrons. The zero-order valence-corrected chi connectivity index (χ0v) is 11.8. The summed E-state index contributed by atoms with van der Waals surface area (Å²) in [6.45, 7) is 2.33. The number of carbonyl (C=O) groups excluding carboxylic acids is 1. The molecule has 1 saturated heterocycles. The van der Waals surface area contributed by atoms with Gasteiger partial charge in [-0.25, -0.2) is 9.18 Å². The van der Waals surface area contributed by atoms with Crippen LogP contribution in [-0.4, -0.2) is 37.3 Å². The lowest BCUT2D eigenvalue weighted by Gasteiger charge is -2.15. The highest BCUT2D eigenvalue weighted by Gasteiger charge is 2.33. The molecule has 0 spiro atoms. The number of hydrogen-bond donors (Lipinski definition) is 0. The maximum absolute atomic E-state index is 13.6. The second kappa shape index (κ2) is 6.22. The van der Waals surface area contributed by atoms with Gasteiger partial charge in [-0.2, -0.15) is 0 Å². The van der Waals surface area contributed by atoms with Gasteiger partial charge in [0.15, 0.2) is 0 Å². The molecule has 1 aromatic rings. The summed E-state index contributed by atoms with van der Waals surface area (Å²) in [7, 11) is 1.67. The quantitative estimate of drug-likeness (QED) is 0.486. The Labute approximate surface area is 122 Å². The van der Waals surface area contributed by atoms with Crippen LogP contribution in [-0.2, 0) is 4.74 Å². The molecule has 0 bridgehead atoms. The highest BCUT2D eigenvalue weighted by atomic mass is 19.1. The van der Waals surface area contributed by atoms with Crippen molar-refractivity contribution in [3.8, 4) is 12.5 Å². The van der Waals surface area contributed by atoms with Gasteiger partial charge < -0.3 is 4.74 Å². The van der Waals surface area contributed by atoms with Crippen molar-refractivity contribution in [1.29, 1.82) is 0 Å². The number of nitrogens with zero attached hydrogens (tertiary/aromatic N) is 4. The van der Waals surface area contributed by atoms with Crippen LogP contribution in [0.25, 0.3) is 0 Å². The summed E-state index contributed by atoms with van der Waals surface area (Å²) in [5.41, 5.74) is 0.996. The molecule has 1 aliphatic rings. The first-order valence-electron chi connectivity index (χ1n) is 6.33. The van der Waals surface area contributed by atoms with Gasteiger partial charge in [0.1, 0.15) is 11.9 Å². The van der Waals surface area contributed by atoms with Crippen LogP contribution in [0, 0.1) is 25.2 Å². The number of terminal acetylenes is 1. The number of ether oxygens (including phenoxy) is 1. The minimum atomic E-state index is -0.509. The lowest BCUT2D eigenvalue weighted by molar-refractivity contribution is 0.116. The van der Waals surface area contributed by atoms with Gasteiger partial charge in [-0.1, -0.05) is 22.8 Å². The molecule has 6 nitrogen and oxygen atoms in total. The molecule has 21 heavy (non-hydrogen) atoms. The van der Waals surface area contributed by atoms with Crippen LogP contribution >= 0.6 is 0 Å². The van der Waals surface area contributed by atoms with Crippen molar-refractivity contribution in [2.75, 3.05) is 25.0 Å². The molecule has 1 amide bonds. The largest absolute Gasteiger partial charge is 0.442 e. The third kappa shape index (κ3) is 3.48. The Morgan fingerprint density at radius 1 is 1.62 bits per heavy atom. The fourth-order valence-electron chi connectivity index (χ4n) is 2.01. The van der Waals surface area contributed by atoms with Gasteiger partial charge in [0, 0.05) is 7.05 Å². The van der Waals surface area contributed by atoms with E-state index in [-0.39, 0.29) is 11.9 Å². The van der Waals surface area contributed by atoms with Crippen LogP contribution in [0.3, 0.4) is 0 Å². The molecule has 0 radical (unpaired) electrons. The van der Waals surface area contributed by atoms with Crippen LogP contribution in [0.15, 0.2) is 28.5 Å². The minimum Gasteiger partial charge on any atom is -0.442 e. The van der Waals surface area contributed by atoms with Crippen molar-refractivity contribution in [2.24, 2.45) is 10.3 Å². The van der Waals surface area contributed by atoms with Gasteiger partial charge in [-0.15, -0.1) is 0 Å². The third-order valence-corrected chi connectivity index (χ3v) is 3.06. The molecule has 1 unspecified atom stereocenters. The van der Waals surface area contributed by atoms with Crippen LogP contribution < -0.4 is 4.90 Å². The number of rotatable bonds is 4. The first-order valence-corrected chi connectivity index (χ1v) is 6.33. The summed E-state index contributed by atoms with van der Waals surface area (Å²) in [5, 5.41) is 8.60. The number of carbonyl (C=O) groups is 1. The lowest BCUT2D eigenvalue weighted by atomic mass is 10.2. The number of anilines is 1. The number of cyclic esters (lactones) is 1. The maximum atomic E-state index is 13.6. The zero-order valence-electron chi connectivity index (χ0n) is 11.8. The fraction of sp³-hybridized carbons (Fsp3) is 0.357. The molecule has 2 rings (SSSR count). The van der Waals surface area contributed by atoms with Crippen molar-refractivity contribution in [3.05, 3.63) is 29.6 Å². The highest BCUT2D eigenvalue weighted by molar-refractivity contribution is 5.89. The Balaban J connectivity index is 2.04. The van der Waals surface area contributed by atoms with E-state index in [4.69, 9.17) is 11.2 Å². The number of aryl methyl sites for hydroxylation is 1. The van der Waals surface area contributed by atoms with E-state index in [1.54, 1.807) is 26.1 Å². The van der Waals surface area contributed by atoms with E-state index in [1.165, 1.54) is 16.0 Å². The zero-order chi connectivity index (χ0) is 15.4. The van der Waals surface area contributed by atoms with Crippen LogP contribution in [0.1, 0.15) is 5.56 Å². The van der Waals surface area contributed by atoms with E-state index in [0.717, 1.165) is 0 Å². The molecule has 0 saturated carbocycles. The second-order valence-corrected chi connectivity index (χ2v) is 4.71. The Bertz CT molecular complexity index is 611. The predicted molar refractivity (Wildman–Crippen MR) is 75.1 cm³/mol. The molecule has 1 atom stereocenters. The van der Waals surface area contributed by atoms with Gasteiger partial charge in [0.25, 0.3) is 0 Å². The molecule has 1 aromatic carbocycles. The molecule has 0 aromatic heterocycles. The molecule has 1 fully saturated rings. The van der Waals surface area contributed by atoms with Gasteiger partial charge in [0.2, 0.25) is 0 Å². The van der Waals surface area contributed by atoms with Crippen LogP contribution in [0.5, 0.6) is 0 Å². The molecule has 0 aliphatic carbocycles. The van der Waals surface area contributed by atoms with E-state index in [0.29, 0.717) is 24.3 Å². The van der Waals surface area contributed by atoms with Crippen molar-refractivity contribution < 1.29 is 13.9 Å². The van der Waals surface area contributed by atoms with Crippen LogP contribution in [0.4, 0.5) is 14.9 Å². The number of benzene rings is 1. The lowest BCUT2D eigenvalue weighted by Crippen LogP contribution is -2.29. The summed E-state index contributed by atoms with van der Waals surface area (Å²) in [5.74, 6) is -0.358. The number of likely N-dealkylation sites (N-methyl/N-ethyl adjacent to an activating group) is 1. The summed E-state index contributed by atoms with van der Waals surface area (Å²) in [4.78, 5) is 13.2. The van der Waals surface area contributed by atoms with E-state index in [2.05, 4.69) is 10.3 Å². The van der Waals surface area contributed by atoms with Gasteiger partial charge in [-0.05, 0) is 24.6 Å². The van der Waals surface area contributed by atoms with Crippen molar-refractivity contribution in [1.82, 2.24) is 5.01 Å². The van der Waals surface area contributed by atoms with Gasteiger partial charge in [0.05, 0.1) is 24.8 Å². The van der Waals surface area contributed by atoms with Crippen LogP contribution in [0.2, 0.25) is 0 Å². The predicted octanol–water partition coefficient (Wildman–Crippen LogP) is 2.35. The van der Waals surface area contributed by atoms with E-state index in [9.17, 15) is 9.18 Å². The Morgan fingerprint density at radius 2 is 2.38 bits per heavy atom. The van der Waals surface area contributed by atoms with E-state index in [1.807, 2.05) is 6.04 Å². The SMILES string of the molecule is C#CN=NN(C)CC1CN(c2ccc(C)c(F)c2)C(=O)O1. The van der Waals surface area contributed by atoms with Crippen molar-refractivity contribution in [2.45, 2.75) is 13.0 Å². The molecular formula is C14H15FN4O2. The molecule has 1 heterocycles. The van der Waals surface area contributed by atoms with E-state index < -0.39 is 6.09 Å². The molecule has 1 aliphatic heterocycles. The van der Waals surface area contributed by atoms with Crippen molar-refractivity contribution >= 4 is 11.8 Å². The summed E-state index contributed by atoms with van der Waals surface area (Å²) in [6, 6.07) is 6.66. The first-order chi connectivity index (χ1) is 10.0. The molecule has 0 N–H and O–H groups in total. The van der Waals surface area contributed by atoms with Crippen molar-refractivity contribution in [3.63, 3.8) is 0 Å². The minimum absolute atomic E-state index is 0.317. The Morgan fingerprint density at radius 3 is 3.05 bits per heavy atom. The fourth-order valence-corrected chi connectivity index (χ4v) is 2.01. The second-order valence-electron chi connectivity index (χ2n) is 4.71. The summed E-state index contributed by atoms with van der Waals surface area (Å²) >= 11 is 0. The molecule has 7 heteroatoms. The Hall–Kier alpha value is -2.62. The van der Waals surface area contributed by atoms with Gasteiger partial charge >= 0.3 is 6.09 Å². The number of amides is 1. The first kappa shape index (κ1) is 14.8. The average Bonchev–Trinajstić information content (AvgIpc) is 2.80. The number of halogens is 1. The summed E-state index contributed by atoms with van der Waals surface area (Å²) < 4.78 is 18.8. The Kier molecular flexibility index (Phi) is 4.38. The van der Waals surface area contributed by atoms with Gasteiger partial charge in [-0.3, -0.25) is 9.91 Å². The number of hydrogen-bond acceptors (Lipinski definition) is 4. The average molecular weight is 290 g/mol. The standard InChI is InChI=1S/C14H15FN4O2/c1-4-16-17-18(3)8-12-9-19(14(20)21-12)11-6-5-10(2)13(15)7-11/h1,5-7,12H,8-9H2,2-3H3. The highest BCUT2D eigenvalue weighted by Crippen LogP contribution is 2.24. The topological polar surface area (TPSA) is 57.5 Å². The van der Waals surface area contributed by atoms with E-state index >= 15 is 0 Å². The monoisotopic (exact) mass is 290 g/mol. The molecular weight excluding hydrogens is 275 g/mol. The summed E-state index contributed by atoms with van der Waals surface area (Å²) in [6.07, 6.45) is 4.07. The third-order valence-electron chi connectivity index (χ3n) is 3.06. The maximum Gasteiger partial charge on any atom is 0.414 e. The smallest absolute Gasteiger partial charge is 0.414 e. The normalized spacial score (nSPS) is 17.9.